The summed E-state index contributed by atoms with van der Waals surface area (Å²) in [5.74, 6) is -1.69. The first-order valence-corrected chi connectivity index (χ1v) is 9.35. The van der Waals surface area contributed by atoms with Crippen LogP contribution in [0.15, 0.2) is 36.4 Å². The zero-order valence-electron chi connectivity index (χ0n) is 15.5. The average molecular weight is 385 g/mol. The molecule has 0 bridgehead atoms. The Bertz CT molecular complexity index is 916. The zero-order valence-corrected chi connectivity index (χ0v) is 15.5. The standard InChI is InChI=1S/C21H21F2N3O2/c1-13(14-4-2-5-17(8-14)26-7-3-6-20(26)27)24-21(28)25-11-15-9-18(22)19(23)10-16(15)12-25/h2,4-5,8-10,13H,3,6-7,11-12H2,1H3,(H,24,28). The minimum absolute atomic E-state index is 0.114. The minimum Gasteiger partial charge on any atom is -0.331 e. The first kappa shape index (κ1) is 18.4. The molecule has 146 valence electrons. The zero-order chi connectivity index (χ0) is 19.8. The van der Waals surface area contributed by atoms with Crippen LogP contribution >= 0.6 is 0 Å². The van der Waals surface area contributed by atoms with Crippen LogP contribution in [0, 0.1) is 11.6 Å². The molecule has 28 heavy (non-hydrogen) atoms. The van der Waals surface area contributed by atoms with E-state index in [2.05, 4.69) is 5.32 Å². The van der Waals surface area contributed by atoms with Gasteiger partial charge in [-0.05, 0) is 54.3 Å². The number of fused-ring (bicyclic) bond motifs is 1. The number of amides is 3. The van der Waals surface area contributed by atoms with Crippen LogP contribution in [-0.4, -0.2) is 23.4 Å². The van der Waals surface area contributed by atoms with Crippen molar-refractivity contribution in [2.24, 2.45) is 0 Å². The van der Waals surface area contributed by atoms with E-state index in [4.69, 9.17) is 0 Å². The molecule has 0 radical (unpaired) electrons. The molecule has 7 heteroatoms. The fourth-order valence-electron chi connectivity index (χ4n) is 3.78. The number of anilines is 1. The average Bonchev–Trinajstić information content (AvgIpc) is 3.28. The first-order chi connectivity index (χ1) is 13.4. The molecular weight excluding hydrogens is 364 g/mol. The molecule has 0 aliphatic carbocycles. The molecule has 1 unspecified atom stereocenters. The summed E-state index contributed by atoms with van der Waals surface area (Å²) < 4.78 is 26.8. The van der Waals surface area contributed by atoms with Crippen molar-refractivity contribution in [3.63, 3.8) is 0 Å². The first-order valence-electron chi connectivity index (χ1n) is 9.35. The van der Waals surface area contributed by atoms with Gasteiger partial charge in [0, 0.05) is 31.7 Å². The van der Waals surface area contributed by atoms with Gasteiger partial charge >= 0.3 is 6.03 Å². The van der Waals surface area contributed by atoms with Crippen molar-refractivity contribution >= 4 is 17.6 Å². The van der Waals surface area contributed by atoms with Crippen molar-refractivity contribution in [3.8, 4) is 0 Å². The number of carbonyl (C=O) groups excluding carboxylic acids is 2. The Balaban J connectivity index is 1.43. The number of carbonyl (C=O) groups is 2. The molecule has 3 amide bonds. The third-order valence-corrected chi connectivity index (χ3v) is 5.35. The normalized spacial score (nSPS) is 17.0. The van der Waals surface area contributed by atoms with Crippen LogP contribution in [0.3, 0.4) is 0 Å². The highest BCUT2D eigenvalue weighted by Gasteiger charge is 2.27. The van der Waals surface area contributed by atoms with E-state index >= 15 is 0 Å². The summed E-state index contributed by atoms with van der Waals surface area (Å²) >= 11 is 0. The van der Waals surface area contributed by atoms with Gasteiger partial charge in [-0.3, -0.25) is 4.79 Å². The van der Waals surface area contributed by atoms with Gasteiger partial charge in [-0.15, -0.1) is 0 Å². The van der Waals surface area contributed by atoms with Gasteiger partial charge in [-0.25, -0.2) is 13.6 Å². The molecule has 1 saturated heterocycles. The number of urea groups is 1. The maximum atomic E-state index is 13.4. The van der Waals surface area contributed by atoms with E-state index in [0.717, 1.165) is 29.8 Å². The summed E-state index contributed by atoms with van der Waals surface area (Å²) in [6, 6.07) is 9.30. The third-order valence-electron chi connectivity index (χ3n) is 5.35. The second-order valence-corrected chi connectivity index (χ2v) is 7.31. The van der Waals surface area contributed by atoms with Crippen molar-refractivity contribution in [2.75, 3.05) is 11.4 Å². The van der Waals surface area contributed by atoms with Crippen LogP contribution < -0.4 is 10.2 Å². The highest BCUT2D eigenvalue weighted by molar-refractivity contribution is 5.95. The Morgan fingerprint density at radius 2 is 1.79 bits per heavy atom. The van der Waals surface area contributed by atoms with Gasteiger partial charge in [-0.2, -0.15) is 0 Å². The maximum Gasteiger partial charge on any atom is 0.318 e. The lowest BCUT2D eigenvalue weighted by molar-refractivity contribution is -0.117. The molecule has 1 atom stereocenters. The summed E-state index contributed by atoms with van der Waals surface area (Å²) in [6.45, 7) is 3.06. The number of hydrogen-bond acceptors (Lipinski definition) is 2. The molecule has 2 aliphatic heterocycles. The molecule has 1 N–H and O–H groups in total. The van der Waals surface area contributed by atoms with Crippen LogP contribution in [-0.2, 0) is 17.9 Å². The summed E-state index contributed by atoms with van der Waals surface area (Å²) in [4.78, 5) is 27.9. The van der Waals surface area contributed by atoms with E-state index in [1.807, 2.05) is 31.2 Å². The summed E-state index contributed by atoms with van der Waals surface area (Å²) in [7, 11) is 0. The minimum atomic E-state index is -0.900. The van der Waals surface area contributed by atoms with Crippen LogP contribution in [0.5, 0.6) is 0 Å². The van der Waals surface area contributed by atoms with Crippen LogP contribution in [0.4, 0.5) is 19.3 Å². The van der Waals surface area contributed by atoms with Crippen molar-refractivity contribution in [1.82, 2.24) is 10.2 Å². The van der Waals surface area contributed by atoms with Gasteiger partial charge < -0.3 is 15.1 Å². The summed E-state index contributed by atoms with van der Waals surface area (Å²) in [5, 5.41) is 2.93. The molecule has 4 rings (SSSR count). The van der Waals surface area contributed by atoms with Crippen molar-refractivity contribution in [2.45, 2.75) is 38.9 Å². The molecular formula is C21H21F2N3O2. The lowest BCUT2D eigenvalue weighted by Crippen LogP contribution is -2.37. The number of hydrogen-bond donors (Lipinski definition) is 1. The van der Waals surface area contributed by atoms with Crippen molar-refractivity contribution in [1.29, 1.82) is 0 Å². The Labute approximate surface area is 161 Å². The van der Waals surface area contributed by atoms with E-state index in [1.54, 1.807) is 4.90 Å². The molecule has 0 aromatic heterocycles. The molecule has 5 nitrogen and oxygen atoms in total. The topological polar surface area (TPSA) is 52.7 Å². The SMILES string of the molecule is CC(NC(=O)N1Cc2cc(F)c(F)cc2C1)c1cccc(N2CCCC2=O)c1. The van der Waals surface area contributed by atoms with Gasteiger partial charge in [0.25, 0.3) is 0 Å². The Kier molecular flexibility index (Phi) is 4.75. The monoisotopic (exact) mass is 385 g/mol. The van der Waals surface area contributed by atoms with E-state index in [1.165, 1.54) is 4.90 Å². The molecule has 2 aromatic rings. The highest BCUT2D eigenvalue weighted by Crippen LogP contribution is 2.27. The Hall–Kier alpha value is -2.96. The number of nitrogens with one attached hydrogen (secondary N) is 1. The lowest BCUT2D eigenvalue weighted by Gasteiger charge is -2.22. The number of benzene rings is 2. The predicted molar refractivity (Wildman–Crippen MR) is 101 cm³/mol. The van der Waals surface area contributed by atoms with Gasteiger partial charge in [0.2, 0.25) is 5.91 Å². The van der Waals surface area contributed by atoms with Gasteiger partial charge in [-0.1, -0.05) is 12.1 Å². The van der Waals surface area contributed by atoms with E-state index in [0.29, 0.717) is 24.1 Å². The molecule has 2 aromatic carbocycles. The number of nitrogens with zero attached hydrogens (tertiary/aromatic N) is 2. The summed E-state index contributed by atoms with van der Waals surface area (Å²) in [5.41, 5.74) is 2.97. The molecule has 2 heterocycles. The lowest BCUT2D eigenvalue weighted by atomic mass is 10.1. The smallest absolute Gasteiger partial charge is 0.318 e. The fourth-order valence-corrected chi connectivity index (χ4v) is 3.78. The molecule has 0 saturated carbocycles. The Morgan fingerprint density at radius 1 is 1.11 bits per heavy atom. The summed E-state index contributed by atoms with van der Waals surface area (Å²) in [6.07, 6.45) is 1.42. The van der Waals surface area contributed by atoms with Crippen molar-refractivity contribution < 1.29 is 18.4 Å². The largest absolute Gasteiger partial charge is 0.331 e. The highest BCUT2D eigenvalue weighted by atomic mass is 19.2. The second-order valence-electron chi connectivity index (χ2n) is 7.31. The maximum absolute atomic E-state index is 13.4. The van der Waals surface area contributed by atoms with Crippen LogP contribution in [0.2, 0.25) is 0 Å². The molecule has 2 aliphatic rings. The quantitative estimate of drug-likeness (QED) is 0.872. The van der Waals surface area contributed by atoms with E-state index in [-0.39, 0.29) is 31.1 Å². The van der Waals surface area contributed by atoms with E-state index < -0.39 is 11.6 Å². The molecule has 1 fully saturated rings. The second kappa shape index (κ2) is 7.22. The number of halogens is 2. The van der Waals surface area contributed by atoms with Crippen molar-refractivity contribution in [3.05, 3.63) is 64.7 Å². The van der Waals surface area contributed by atoms with Gasteiger partial charge in [0.05, 0.1) is 6.04 Å². The van der Waals surface area contributed by atoms with Crippen LogP contribution in [0.1, 0.15) is 42.5 Å². The Morgan fingerprint density at radius 3 is 2.39 bits per heavy atom. The third kappa shape index (κ3) is 3.44. The predicted octanol–water partition coefficient (Wildman–Crippen LogP) is 3.88. The molecule has 0 spiro atoms. The fraction of sp³-hybridized carbons (Fsp3) is 0.333. The van der Waals surface area contributed by atoms with Crippen LogP contribution in [0.25, 0.3) is 0 Å². The van der Waals surface area contributed by atoms with Gasteiger partial charge in [0.15, 0.2) is 11.6 Å². The van der Waals surface area contributed by atoms with Gasteiger partial charge in [0.1, 0.15) is 0 Å². The number of rotatable bonds is 3. The van der Waals surface area contributed by atoms with E-state index in [9.17, 15) is 18.4 Å².